The van der Waals surface area contributed by atoms with Crippen LogP contribution in [0.4, 0.5) is 10.1 Å². The molecule has 3 aromatic rings. The Morgan fingerprint density at radius 3 is 3.04 bits per heavy atom. The maximum absolute atomic E-state index is 13.7. The van der Waals surface area contributed by atoms with Gasteiger partial charge in [0.2, 0.25) is 0 Å². The molecule has 1 aliphatic rings. The van der Waals surface area contributed by atoms with Gasteiger partial charge in [-0.2, -0.15) is 0 Å². The molecule has 8 heteroatoms. The van der Waals surface area contributed by atoms with Crippen molar-refractivity contribution in [2.24, 2.45) is 0 Å². The maximum atomic E-state index is 13.7. The molecule has 140 valence electrons. The Morgan fingerprint density at radius 1 is 1.37 bits per heavy atom. The molecule has 0 saturated carbocycles. The van der Waals surface area contributed by atoms with Crippen molar-refractivity contribution < 1.29 is 18.7 Å². The summed E-state index contributed by atoms with van der Waals surface area (Å²) in [6.45, 7) is 0.461. The second kappa shape index (κ2) is 7.66. The zero-order valence-corrected chi connectivity index (χ0v) is 15.9. The number of benzene rings is 2. The summed E-state index contributed by atoms with van der Waals surface area (Å²) < 4.78 is 25.2. The third-order valence-corrected chi connectivity index (χ3v) is 4.76. The largest absolute Gasteiger partial charge is 0.481 e. The second-order valence-electron chi connectivity index (χ2n) is 6.27. The molecule has 4 rings (SSSR count). The third-order valence-electron chi connectivity index (χ3n) is 4.27. The van der Waals surface area contributed by atoms with E-state index in [1.807, 2.05) is 6.07 Å². The number of aromatic amines is 1. The van der Waals surface area contributed by atoms with Crippen molar-refractivity contribution in [1.82, 2.24) is 9.97 Å². The van der Waals surface area contributed by atoms with E-state index in [0.29, 0.717) is 10.2 Å². The number of nitrogens with zero attached hydrogens (tertiary/aromatic N) is 1. The van der Waals surface area contributed by atoms with E-state index in [0.717, 1.165) is 36.3 Å². The Labute approximate surface area is 163 Å². The van der Waals surface area contributed by atoms with E-state index in [-0.39, 0.29) is 24.4 Å². The molecular formula is C19H17BrFN3O3. The fraction of sp³-hybridized carbons (Fsp3) is 0.263. The van der Waals surface area contributed by atoms with E-state index >= 15 is 0 Å². The molecule has 27 heavy (non-hydrogen) atoms. The van der Waals surface area contributed by atoms with Crippen LogP contribution in [0.1, 0.15) is 24.8 Å². The molecule has 1 amide bonds. The van der Waals surface area contributed by atoms with Crippen LogP contribution in [0.25, 0.3) is 11.0 Å². The molecule has 1 unspecified atom stereocenters. The number of imidazole rings is 1. The maximum Gasteiger partial charge on any atom is 0.262 e. The number of carbonyl (C=O) groups is 1. The molecule has 6 nitrogen and oxygen atoms in total. The summed E-state index contributed by atoms with van der Waals surface area (Å²) >= 11 is 3.17. The van der Waals surface area contributed by atoms with Gasteiger partial charge in [-0.3, -0.25) is 4.79 Å². The topological polar surface area (TPSA) is 76.2 Å². The Hall–Kier alpha value is -2.45. The van der Waals surface area contributed by atoms with Crippen LogP contribution < -0.4 is 10.1 Å². The number of amides is 1. The lowest BCUT2D eigenvalue weighted by Crippen LogP contribution is -2.20. The van der Waals surface area contributed by atoms with Gasteiger partial charge in [0.15, 0.2) is 18.2 Å². The number of anilines is 1. The fourth-order valence-electron chi connectivity index (χ4n) is 2.99. The predicted octanol–water partition coefficient (Wildman–Crippen LogP) is 4.33. The first-order valence-electron chi connectivity index (χ1n) is 8.57. The van der Waals surface area contributed by atoms with E-state index in [9.17, 15) is 9.18 Å². The summed E-state index contributed by atoms with van der Waals surface area (Å²) in [5, 5.41) is 2.74. The Morgan fingerprint density at radius 2 is 2.26 bits per heavy atom. The number of aromatic nitrogens is 2. The van der Waals surface area contributed by atoms with Crippen molar-refractivity contribution >= 4 is 38.6 Å². The van der Waals surface area contributed by atoms with Crippen LogP contribution in [0.15, 0.2) is 40.9 Å². The van der Waals surface area contributed by atoms with E-state index in [1.165, 1.54) is 12.1 Å². The van der Waals surface area contributed by atoms with Gasteiger partial charge >= 0.3 is 0 Å². The molecule has 0 radical (unpaired) electrons. The van der Waals surface area contributed by atoms with E-state index in [2.05, 4.69) is 31.2 Å². The minimum atomic E-state index is -0.530. The van der Waals surface area contributed by atoms with E-state index < -0.39 is 5.82 Å². The van der Waals surface area contributed by atoms with E-state index in [4.69, 9.17) is 9.47 Å². The average molecular weight is 434 g/mol. The molecule has 0 bridgehead atoms. The third kappa shape index (κ3) is 4.12. The monoisotopic (exact) mass is 433 g/mol. The van der Waals surface area contributed by atoms with Crippen molar-refractivity contribution in [3.05, 3.63) is 52.5 Å². The molecule has 1 aliphatic heterocycles. The van der Waals surface area contributed by atoms with Crippen molar-refractivity contribution in [1.29, 1.82) is 0 Å². The summed E-state index contributed by atoms with van der Waals surface area (Å²) in [5.41, 5.74) is 2.24. The normalized spacial score (nSPS) is 16.6. The van der Waals surface area contributed by atoms with Gasteiger partial charge < -0.3 is 19.8 Å². The zero-order valence-electron chi connectivity index (χ0n) is 14.3. The molecule has 1 fully saturated rings. The zero-order chi connectivity index (χ0) is 18.8. The van der Waals surface area contributed by atoms with Gasteiger partial charge in [-0.1, -0.05) is 15.9 Å². The van der Waals surface area contributed by atoms with Crippen LogP contribution in [0.5, 0.6) is 5.75 Å². The van der Waals surface area contributed by atoms with Crippen molar-refractivity contribution in [2.45, 2.75) is 18.9 Å². The summed E-state index contributed by atoms with van der Waals surface area (Å²) in [7, 11) is 0. The Balaban J connectivity index is 1.40. The highest BCUT2D eigenvalue weighted by Gasteiger charge is 2.21. The lowest BCUT2D eigenvalue weighted by molar-refractivity contribution is -0.118. The molecule has 2 heterocycles. The first kappa shape index (κ1) is 17.9. The lowest BCUT2D eigenvalue weighted by Gasteiger charge is -2.08. The van der Waals surface area contributed by atoms with Crippen LogP contribution in [-0.4, -0.2) is 29.1 Å². The van der Waals surface area contributed by atoms with Crippen molar-refractivity contribution in [3.8, 4) is 5.75 Å². The summed E-state index contributed by atoms with van der Waals surface area (Å²) in [4.78, 5) is 19.9. The molecule has 1 atom stereocenters. The number of carbonyl (C=O) groups excluding carboxylic acids is 1. The van der Waals surface area contributed by atoms with Crippen LogP contribution in [0.3, 0.4) is 0 Å². The number of ether oxygens (including phenoxy) is 2. The van der Waals surface area contributed by atoms with Gasteiger partial charge in [0, 0.05) is 16.8 Å². The highest BCUT2D eigenvalue weighted by atomic mass is 79.9. The smallest absolute Gasteiger partial charge is 0.262 e. The molecule has 2 N–H and O–H groups in total. The average Bonchev–Trinajstić information content (AvgIpc) is 3.30. The van der Waals surface area contributed by atoms with Gasteiger partial charge in [-0.25, -0.2) is 9.37 Å². The lowest BCUT2D eigenvalue weighted by atomic mass is 10.2. The number of rotatable bonds is 5. The van der Waals surface area contributed by atoms with E-state index in [1.54, 1.807) is 18.2 Å². The van der Waals surface area contributed by atoms with Gasteiger partial charge in [0.25, 0.3) is 5.91 Å². The highest BCUT2D eigenvalue weighted by molar-refractivity contribution is 9.10. The number of halogens is 2. The van der Waals surface area contributed by atoms with Crippen molar-refractivity contribution in [2.75, 3.05) is 18.5 Å². The SMILES string of the molecule is O=C(COc1ccc(Br)cc1F)Nc1ccc2nc(C3CCCO3)[nH]c2c1. The van der Waals surface area contributed by atoms with Crippen LogP contribution >= 0.6 is 15.9 Å². The van der Waals surface area contributed by atoms with Gasteiger partial charge in [-0.05, 0) is 49.2 Å². The minimum Gasteiger partial charge on any atom is -0.481 e. The predicted molar refractivity (Wildman–Crippen MR) is 102 cm³/mol. The van der Waals surface area contributed by atoms with Crippen LogP contribution in [0.2, 0.25) is 0 Å². The number of H-pyrrole nitrogens is 1. The molecule has 1 saturated heterocycles. The molecule has 1 aromatic heterocycles. The van der Waals surface area contributed by atoms with Gasteiger partial charge in [-0.15, -0.1) is 0 Å². The Kier molecular flexibility index (Phi) is 5.09. The quantitative estimate of drug-likeness (QED) is 0.627. The number of hydrogen-bond acceptors (Lipinski definition) is 4. The molecule has 2 aromatic carbocycles. The summed E-state index contributed by atoms with van der Waals surface area (Å²) in [6, 6.07) is 9.80. The Bertz CT molecular complexity index is 985. The number of nitrogens with one attached hydrogen (secondary N) is 2. The molecule has 0 aliphatic carbocycles. The number of fused-ring (bicyclic) bond motifs is 1. The molecule has 0 spiro atoms. The molecular weight excluding hydrogens is 417 g/mol. The fourth-order valence-corrected chi connectivity index (χ4v) is 3.32. The highest BCUT2D eigenvalue weighted by Crippen LogP contribution is 2.28. The standard InChI is InChI=1S/C19H17BrFN3O3/c20-11-3-6-16(13(21)8-11)27-10-18(25)22-12-4-5-14-15(9-12)24-19(23-14)17-2-1-7-26-17/h3-6,8-9,17H,1-2,7,10H2,(H,22,25)(H,23,24). The summed E-state index contributed by atoms with van der Waals surface area (Å²) in [6.07, 6.45) is 1.99. The van der Waals surface area contributed by atoms with Crippen LogP contribution in [0, 0.1) is 5.82 Å². The van der Waals surface area contributed by atoms with Crippen LogP contribution in [-0.2, 0) is 9.53 Å². The number of hydrogen-bond donors (Lipinski definition) is 2. The minimum absolute atomic E-state index is 0.00430. The second-order valence-corrected chi connectivity index (χ2v) is 7.18. The van der Waals surface area contributed by atoms with Crippen molar-refractivity contribution in [3.63, 3.8) is 0 Å². The first-order chi connectivity index (χ1) is 13.1. The van der Waals surface area contributed by atoms with Gasteiger partial charge in [0.1, 0.15) is 11.9 Å². The first-order valence-corrected chi connectivity index (χ1v) is 9.37. The van der Waals surface area contributed by atoms with Gasteiger partial charge in [0.05, 0.1) is 11.0 Å². The summed E-state index contributed by atoms with van der Waals surface area (Å²) in [5.74, 6) is -0.0770.